The van der Waals surface area contributed by atoms with Crippen molar-refractivity contribution in [2.75, 3.05) is 19.5 Å². The first-order valence-electron chi connectivity index (χ1n) is 6.39. The number of nitrogens with one attached hydrogen (secondary N) is 2. The van der Waals surface area contributed by atoms with Crippen LogP contribution in [0.15, 0.2) is 6.07 Å². The van der Waals surface area contributed by atoms with Gasteiger partial charge in [-0.3, -0.25) is 4.79 Å². The van der Waals surface area contributed by atoms with E-state index >= 15 is 0 Å². The summed E-state index contributed by atoms with van der Waals surface area (Å²) >= 11 is 0. The number of aryl methyl sites for hydroxylation is 2. The van der Waals surface area contributed by atoms with Gasteiger partial charge >= 0.3 is 0 Å². The van der Waals surface area contributed by atoms with Crippen molar-refractivity contribution in [2.45, 2.75) is 40.2 Å². The molecule has 4 nitrogen and oxygen atoms in total. The van der Waals surface area contributed by atoms with Crippen molar-refractivity contribution in [1.82, 2.24) is 5.32 Å². The Hall–Kier alpha value is -1.55. The van der Waals surface area contributed by atoms with E-state index in [9.17, 15) is 4.79 Å². The molecule has 0 aliphatic carbocycles. The lowest BCUT2D eigenvalue weighted by molar-refractivity contribution is -0.121. The summed E-state index contributed by atoms with van der Waals surface area (Å²) in [6.07, 6.45) is 0. The lowest BCUT2D eigenvalue weighted by Gasteiger charge is -2.25. The van der Waals surface area contributed by atoms with Gasteiger partial charge in [-0.1, -0.05) is 6.07 Å². The smallest absolute Gasteiger partial charge is 0.244 e. The van der Waals surface area contributed by atoms with E-state index in [4.69, 9.17) is 4.74 Å². The third-order valence-corrected chi connectivity index (χ3v) is 3.62. The number of carbonyl (C=O) groups excluding carboxylic acids is 1. The minimum Gasteiger partial charge on any atom is -0.494 e. The Kier molecular flexibility index (Phi) is 4.58. The molecule has 0 saturated carbocycles. The first-order valence-corrected chi connectivity index (χ1v) is 6.39. The van der Waals surface area contributed by atoms with Gasteiger partial charge in [0.05, 0.1) is 18.3 Å². The van der Waals surface area contributed by atoms with Crippen LogP contribution in [0.4, 0.5) is 5.69 Å². The lowest BCUT2D eigenvalue weighted by Crippen LogP contribution is -2.48. The highest BCUT2D eigenvalue weighted by atomic mass is 16.5. The zero-order valence-electron chi connectivity index (χ0n) is 12.9. The number of anilines is 1. The summed E-state index contributed by atoms with van der Waals surface area (Å²) in [5.74, 6) is 0.650. The average Bonchev–Trinajstić information content (AvgIpc) is 2.36. The molecule has 1 rings (SSSR count). The first kappa shape index (κ1) is 15.5. The molecule has 0 radical (unpaired) electrons. The molecule has 19 heavy (non-hydrogen) atoms. The summed E-state index contributed by atoms with van der Waals surface area (Å²) < 4.78 is 5.45. The van der Waals surface area contributed by atoms with Crippen LogP contribution in [0.2, 0.25) is 0 Å². The van der Waals surface area contributed by atoms with Crippen molar-refractivity contribution in [3.8, 4) is 5.75 Å². The van der Waals surface area contributed by atoms with E-state index in [0.717, 1.165) is 28.1 Å². The number of ether oxygens (including phenoxy) is 1. The standard InChI is InChI=1S/C15H24N2O2/c1-9-8-10(2)12(13(19-7)11(9)3)17-14(18)15(4,5)16-6/h8,16H,1-7H3,(H,17,18). The fourth-order valence-electron chi connectivity index (χ4n) is 1.84. The van der Waals surface area contributed by atoms with Gasteiger partial charge in [-0.25, -0.2) is 0 Å². The Balaban J connectivity index is 3.22. The van der Waals surface area contributed by atoms with Crippen LogP contribution < -0.4 is 15.4 Å². The van der Waals surface area contributed by atoms with Gasteiger partial charge in [0, 0.05) is 0 Å². The van der Waals surface area contributed by atoms with Crippen LogP contribution in [0.25, 0.3) is 0 Å². The Labute approximate surface area is 115 Å². The zero-order chi connectivity index (χ0) is 14.8. The van der Waals surface area contributed by atoms with E-state index in [-0.39, 0.29) is 5.91 Å². The normalized spacial score (nSPS) is 11.3. The summed E-state index contributed by atoms with van der Waals surface area (Å²) in [7, 11) is 3.39. The Morgan fingerprint density at radius 1 is 1.21 bits per heavy atom. The molecule has 0 spiro atoms. The number of carbonyl (C=O) groups is 1. The van der Waals surface area contributed by atoms with Crippen LogP contribution in [0.1, 0.15) is 30.5 Å². The fraction of sp³-hybridized carbons (Fsp3) is 0.533. The van der Waals surface area contributed by atoms with Gasteiger partial charge in [0.2, 0.25) is 5.91 Å². The molecular formula is C15H24N2O2. The summed E-state index contributed by atoms with van der Waals surface area (Å²) in [6.45, 7) is 9.67. The Morgan fingerprint density at radius 3 is 2.26 bits per heavy atom. The molecular weight excluding hydrogens is 240 g/mol. The van der Waals surface area contributed by atoms with E-state index in [1.54, 1.807) is 14.2 Å². The van der Waals surface area contributed by atoms with Crippen LogP contribution in [-0.4, -0.2) is 25.6 Å². The van der Waals surface area contributed by atoms with E-state index < -0.39 is 5.54 Å². The van der Waals surface area contributed by atoms with E-state index in [1.807, 2.05) is 34.6 Å². The van der Waals surface area contributed by atoms with Crippen molar-refractivity contribution >= 4 is 11.6 Å². The van der Waals surface area contributed by atoms with Crippen LogP contribution in [-0.2, 0) is 4.79 Å². The average molecular weight is 264 g/mol. The van der Waals surface area contributed by atoms with Gasteiger partial charge < -0.3 is 15.4 Å². The third-order valence-electron chi connectivity index (χ3n) is 3.62. The summed E-state index contributed by atoms with van der Waals surface area (Å²) in [5.41, 5.74) is 3.32. The second-order valence-electron chi connectivity index (χ2n) is 5.37. The fourth-order valence-corrected chi connectivity index (χ4v) is 1.84. The van der Waals surface area contributed by atoms with Crippen molar-refractivity contribution in [3.05, 3.63) is 22.8 Å². The summed E-state index contributed by atoms with van der Waals surface area (Å²) in [5, 5.41) is 5.95. The van der Waals surface area contributed by atoms with E-state index in [0.29, 0.717) is 0 Å². The maximum absolute atomic E-state index is 12.3. The van der Waals surface area contributed by atoms with E-state index in [1.165, 1.54) is 0 Å². The minimum atomic E-state index is -0.629. The molecule has 106 valence electrons. The molecule has 1 aromatic carbocycles. The third kappa shape index (κ3) is 3.07. The number of rotatable bonds is 4. The lowest BCUT2D eigenvalue weighted by atomic mass is 10.0. The second kappa shape index (κ2) is 5.61. The van der Waals surface area contributed by atoms with Gasteiger partial charge in [0.15, 0.2) is 0 Å². The molecule has 0 aliphatic rings. The molecule has 0 saturated heterocycles. The van der Waals surface area contributed by atoms with Gasteiger partial charge in [-0.2, -0.15) is 0 Å². The molecule has 2 N–H and O–H groups in total. The van der Waals surface area contributed by atoms with Gasteiger partial charge in [-0.05, 0) is 58.4 Å². The van der Waals surface area contributed by atoms with Crippen LogP contribution in [0.5, 0.6) is 5.75 Å². The largest absolute Gasteiger partial charge is 0.494 e. The van der Waals surface area contributed by atoms with Crippen molar-refractivity contribution < 1.29 is 9.53 Å². The van der Waals surface area contributed by atoms with Crippen LogP contribution in [0, 0.1) is 20.8 Å². The van der Waals surface area contributed by atoms with Crippen LogP contribution in [0.3, 0.4) is 0 Å². The van der Waals surface area contributed by atoms with Crippen molar-refractivity contribution in [1.29, 1.82) is 0 Å². The molecule has 0 fully saturated rings. The van der Waals surface area contributed by atoms with Gasteiger partial charge in [0.25, 0.3) is 0 Å². The van der Waals surface area contributed by atoms with Gasteiger partial charge in [-0.15, -0.1) is 0 Å². The molecule has 0 aliphatic heterocycles. The molecule has 4 heteroatoms. The molecule has 0 atom stereocenters. The summed E-state index contributed by atoms with van der Waals surface area (Å²) in [6, 6.07) is 2.06. The zero-order valence-corrected chi connectivity index (χ0v) is 12.9. The monoisotopic (exact) mass is 264 g/mol. The Bertz CT molecular complexity index is 493. The highest BCUT2D eigenvalue weighted by molar-refractivity contribution is 5.99. The maximum Gasteiger partial charge on any atom is 0.244 e. The predicted octanol–water partition coefficient (Wildman–Crippen LogP) is 2.56. The Morgan fingerprint density at radius 2 is 1.79 bits per heavy atom. The number of amides is 1. The maximum atomic E-state index is 12.3. The minimum absolute atomic E-state index is 0.0837. The SMILES string of the molecule is CNC(C)(C)C(=O)Nc1c(C)cc(C)c(C)c1OC. The molecule has 0 heterocycles. The number of hydrogen-bond acceptors (Lipinski definition) is 3. The quantitative estimate of drug-likeness (QED) is 0.878. The van der Waals surface area contributed by atoms with Crippen molar-refractivity contribution in [2.24, 2.45) is 0 Å². The molecule has 1 amide bonds. The number of likely N-dealkylation sites (N-methyl/N-ethyl adjacent to an activating group) is 1. The second-order valence-corrected chi connectivity index (χ2v) is 5.37. The van der Waals surface area contributed by atoms with Crippen LogP contribution >= 0.6 is 0 Å². The number of methoxy groups -OCH3 is 1. The van der Waals surface area contributed by atoms with E-state index in [2.05, 4.69) is 16.7 Å². The highest BCUT2D eigenvalue weighted by Crippen LogP contribution is 2.34. The molecule has 1 aromatic rings. The van der Waals surface area contributed by atoms with Crippen molar-refractivity contribution in [3.63, 3.8) is 0 Å². The first-order chi connectivity index (χ1) is 8.74. The topological polar surface area (TPSA) is 50.4 Å². The predicted molar refractivity (Wildman–Crippen MR) is 79.0 cm³/mol. The highest BCUT2D eigenvalue weighted by Gasteiger charge is 2.27. The summed E-state index contributed by atoms with van der Waals surface area (Å²) in [4.78, 5) is 12.3. The number of benzene rings is 1. The van der Waals surface area contributed by atoms with Gasteiger partial charge in [0.1, 0.15) is 5.75 Å². The molecule has 0 aromatic heterocycles. The molecule has 0 bridgehead atoms. The molecule has 0 unspecified atom stereocenters. The number of hydrogen-bond donors (Lipinski definition) is 2.